The summed E-state index contributed by atoms with van der Waals surface area (Å²) in [5, 5.41) is 13.9. The third kappa shape index (κ3) is 3.50. The van der Waals surface area contributed by atoms with Crippen molar-refractivity contribution < 1.29 is 9.94 Å². The zero-order valence-electron chi connectivity index (χ0n) is 10.0. The van der Waals surface area contributed by atoms with Crippen molar-refractivity contribution in [2.24, 2.45) is 5.16 Å². The van der Waals surface area contributed by atoms with Crippen LogP contribution in [0.25, 0.3) is 0 Å². The fraction of sp³-hybridized carbons (Fsp3) is 0.417. The molecule has 1 heterocycles. The van der Waals surface area contributed by atoms with Gasteiger partial charge in [-0.25, -0.2) is 0 Å². The van der Waals surface area contributed by atoms with Gasteiger partial charge in [-0.3, -0.25) is 0 Å². The van der Waals surface area contributed by atoms with Crippen LogP contribution in [-0.2, 0) is 4.84 Å². The van der Waals surface area contributed by atoms with Crippen molar-refractivity contribution in [3.8, 4) is 0 Å². The molecule has 0 spiro atoms. The van der Waals surface area contributed by atoms with Crippen LogP contribution < -0.4 is 0 Å². The monoisotopic (exact) mass is 339 g/mol. The molecule has 0 fully saturated rings. The number of rotatable bonds is 3. The fourth-order valence-electron chi connectivity index (χ4n) is 1.59. The first-order valence-electron chi connectivity index (χ1n) is 5.57. The lowest BCUT2D eigenvalue weighted by molar-refractivity contribution is -0.181. The lowest BCUT2D eigenvalue weighted by Crippen LogP contribution is -2.43. The molecule has 1 aromatic rings. The van der Waals surface area contributed by atoms with Crippen molar-refractivity contribution in [1.29, 1.82) is 0 Å². The van der Waals surface area contributed by atoms with Crippen LogP contribution in [0.2, 0.25) is 0 Å². The van der Waals surface area contributed by atoms with Gasteiger partial charge in [-0.15, -0.1) is 11.8 Å². The van der Waals surface area contributed by atoms with Crippen LogP contribution in [0.1, 0.15) is 13.3 Å². The van der Waals surface area contributed by atoms with E-state index in [0.717, 1.165) is 4.90 Å². The molecule has 3 nitrogen and oxygen atoms in total. The summed E-state index contributed by atoms with van der Waals surface area (Å²) in [5.41, 5.74) is 0.655. The molecule has 104 valence electrons. The topological polar surface area (TPSA) is 41.8 Å². The van der Waals surface area contributed by atoms with Gasteiger partial charge < -0.3 is 9.94 Å². The van der Waals surface area contributed by atoms with E-state index in [1.807, 2.05) is 37.3 Å². The summed E-state index contributed by atoms with van der Waals surface area (Å²) in [4.78, 5) is 6.01. The minimum Gasteiger partial charge on any atom is -0.355 e. The van der Waals surface area contributed by atoms with Crippen molar-refractivity contribution >= 4 is 52.3 Å². The number of thioether (sulfide) groups is 1. The molecule has 0 amide bonds. The maximum atomic E-state index is 10.1. The second-order valence-electron chi connectivity index (χ2n) is 4.21. The van der Waals surface area contributed by atoms with E-state index in [1.165, 1.54) is 0 Å². The Morgan fingerprint density at radius 3 is 2.53 bits per heavy atom. The number of hydrogen-bond donors (Lipinski definition) is 1. The molecule has 1 aliphatic rings. The fourth-order valence-corrected chi connectivity index (χ4v) is 2.87. The Bertz CT molecular complexity index is 478. The first-order chi connectivity index (χ1) is 8.82. The number of oxime groups is 1. The van der Waals surface area contributed by atoms with E-state index in [2.05, 4.69) is 5.16 Å². The minimum atomic E-state index is -1.94. The Morgan fingerprint density at radius 2 is 2.00 bits per heavy atom. The van der Waals surface area contributed by atoms with E-state index >= 15 is 0 Å². The quantitative estimate of drug-likeness (QED) is 0.668. The van der Waals surface area contributed by atoms with E-state index < -0.39 is 9.58 Å². The van der Waals surface area contributed by atoms with E-state index in [0.29, 0.717) is 5.71 Å². The van der Waals surface area contributed by atoms with Gasteiger partial charge in [-0.1, -0.05) is 58.2 Å². The Kier molecular flexibility index (Phi) is 4.58. The minimum absolute atomic E-state index is 0.0174. The third-order valence-corrected chi connectivity index (χ3v) is 4.76. The van der Waals surface area contributed by atoms with E-state index in [4.69, 9.17) is 39.6 Å². The summed E-state index contributed by atoms with van der Waals surface area (Å²) < 4.78 is -1.94. The molecule has 1 N–H and O–H groups in total. The number of hydrogen-bond acceptors (Lipinski definition) is 4. The normalized spacial score (nSPS) is 24.8. The lowest BCUT2D eigenvalue weighted by atomic mass is 10.1. The zero-order chi connectivity index (χ0) is 14.1. The van der Waals surface area contributed by atoms with Crippen molar-refractivity contribution in [2.45, 2.75) is 33.1 Å². The summed E-state index contributed by atoms with van der Waals surface area (Å²) in [7, 11) is 0. The highest BCUT2D eigenvalue weighted by Gasteiger charge is 2.54. The van der Waals surface area contributed by atoms with Crippen LogP contribution in [-0.4, -0.2) is 25.6 Å². The highest BCUT2D eigenvalue weighted by Crippen LogP contribution is 2.45. The van der Waals surface area contributed by atoms with Gasteiger partial charge in [0.2, 0.25) is 0 Å². The molecule has 0 saturated carbocycles. The molecule has 0 saturated heterocycles. The second kappa shape index (κ2) is 5.70. The smallest absolute Gasteiger partial charge is 0.287 e. The first-order valence-corrected chi connectivity index (χ1v) is 7.59. The van der Waals surface area contributed by atoms with E-state index in [-0.39, 0.29) is 11.7 Å². The lowest BCUT2D eigenvalue weighted by Gasteiger charge is -2.27. The molecule has 19 heavy (non-hydrogen) atoms. The van der Waals surface area contributed by atoms with Crippen LogP contribution in [0.3, 0.4) is 0 Å². The van der Waals surface area contributed by atoms with Crippen LogP contribution in [0, 0.1) is 0 Å². The summed E-state index contributed by atoms with van der Waals surface area (Å²) in [6, 6.07) is 9.86. The molecular weight excluding hydrogens is 329 g/mol. The number of alkyl halides is 3. The van der Waals surface area contributed by atoms with Crippen LogP contribution in [0.5, 0.6) is 0 Å². The highest BCUT2D eigenvalue weighted by atomic mass is 35.6. The predicted octanol–water partition coefficient (Wildman–Crippen LogP) is 4.00. The number of halogens is 3. The molecule has 2 atom stereocenters. The maximum Gasteiger partial charge on any atom is 0.287 e. The van der Waals surface area contributed by atoms with Crippen molar-refractivity contribution in [1.82, 2.24) is 0 Å². The van der Waals surface area contributed by atoms with Gasteiger partial charge in [0.1, 0.15) is 0 Å². The average molecular weight is 341 g/mol. The molecule has 0 bridgehead atoms. The molecular formula is C12H12Cl3NO2S. The number of aliphatic hydroxyl groups is 1. The summed E-state index contributed by atoms with van der Waals surface area (Å²) in [6.45, 7) is 1.96. The van der Waals surface area contributed by atoms with Crippen LogP contribution in [0.15, 0.2) is 40.4 Å². The van der Waals surface area contributed by atoms with E-state index in [9.17, 15) is 5.11 Å². The maximum absolute atomic E-state index is 10.1. The molecule has 1 aliphatic heterocycles. The van der Waals surface area contributed by atoms with Gasteiger partial charge in [-0.2, -0.15) is 0 Å². The largest absolute Gasteiger partial charge is 0.355 e. The number of benzene rings is 1. The van der Waals surface area contributed by atoms with Crippen LogP contribution in [0.4, 0.5) is 0 Å². The van der Waals surface area contributed by atoms with E-state index in [1.54, 1.807) is 11.8 Å². The molecule has 0 aliphatic carbocycles. The van der Waals surface area contributed by atoms with Crippen molar-refractivity contribution in [2.75, 3.05) is 0 Å². The van der Waals surface area contributed by atoms with Gasteiger partial charge in [0.25, 0.3) is 9.58 Å². The second-order valence-corrected chi connectivity index (χ2v) is 7.90. The highest BCUT2D eigenvalue weighted by molar-refractivity contribution is 8.00. The van der Waals surface area contributed by atoms with Gasteiger partial charge in [0.05, 0.1) is 12.1 Å². The molecule has 0 radical (unpaired) electrons. The standard InChI is InChI=1S/C12H12Cl3NO2S/c1-8(19-9-5-3-2-4-6-9)10-7-11(17,18-16-10)12(13,14)15/h2-6,8,17H,7H2,1H3. The molecule has 2 rings (SSSR count). The third-order valence-electron chi connectivity index (χ3n) is 2.70. The van der Waals surface area contributed by atoms with Crippen molar-refractivity contribution in [3.05, 3.63) is 30.3 Å². The Labute approximate surface area is 130 Å². The van der Waals surface area contributed by atoms with Gasteiger partial charge in [-0.05, 0) is 19.1 Å². The summed E-state index contributed by atoms with van der Waals surface area (Å²) >= 11 is 18.7. The Hall–Kier alpha value is -0.130. The molecule has 2 unspecified atom stereocenters. The Balaban J connectivity index is 2.01. The van der Waals surface area contributed by atoms with Crippen LogP contribution >= 0.6 is 46.6 Å². The SMILES string of the molecule is CC(Sc1ccccc1)C1=NOC(O)(C(Cl)(Cl)Cl)C1. The predicted molar refractivity (Wildman–Crippen MR) is 80.1 cm³/mol. The molecule has 1 aromatic carbocycles. The zero-order valence-corrected chi connectivity index (χ0v) is 13.1. The summed E-state index contributed by atoms with van der Waals surface area (Å²) in [5.74, 6) is -1.89. The average Bonchev–Trinajstić information content (AvgIpc) is 2.74. The molecule has 7 heteroatoms. The first kappa shape index (κ1) is 15.3. The van der Waals surface area contributed by atoms with Gasteiger partial charge in [0.15, 0.2) is 0 Å². The van der Waals surface area contributed by atoms with Gasteiger partial charge in [0, 0.05) is 10.1 Å². The van der Waals surface area contributed by atoms with Gasteiger partial charge >= 0.3 is 0 Å². The summed E-state index contributed by atoms with van der Waals surface area (Å²) in [6.07, 6.45) is 0.0739. The number of nitrogens with zero attached hydrogens (tertiary/aromatic N) is 1. The van der Waals surface area contributed by atoms with Crippen molar-refractivity contribution in [3.63, 3.8) is 0 Å². The Morgan fingerprint density at radius 1 is 1.37 bits per heavy atom. The molecule has 0 aromatic heterocycles.